The van der Waals surface area contributed by atoms with Gasteiger partial charge in [0, 0.05) is 17.7 Å². The van der Waals surface area contributed by atoms with Gasteiger partial charge in [0.15, 0.2) is 11.5 Å². The molecule has 0 saturated heterocycles. The SMILES string of the molecule is N#Cc1nc(Nc2cccc3c2CC(O)CC3)oc1-c1ccc(C(F)(F)F)cc1. The normalized spacial score (nSPS) is 16.2. The smallest absolute Gasteiger partial charge is 0.416 e. The minimum Gasteiger partial charge on any atom is -0.422 e. The van der Waals surface area contributed by atoms with Gasteiger partial charge in [0.05, 0.1) is 11.7 Å². The lowest BCUT2D eigenvalue weighted by Gasteiger charge is -2.23. The molecule has 1 aliphatic carbocycles. The Morgan fingerprint density at radius 2 is 1.93 bits per heavy atom. The molecule has 1 unspecified atom stereocenters. The highest BCUT2D eigenvalue weighted by Gasteiger charge is 2.30. The molecule has 0 radical (unpaired) electrons. The van der Waals surface area contributed by atoms with E-state index in [1.165, 1.54) is 12.1 Å². The lowest BCUT2D eigenvalue weighted by molar-refractivity contribution is -0.137. The van der Waals surface area contributed by atoms with E-state index < -0.39 is 17.8 Å². The summed E-state index contributed by atoms with van der Waals surface area (Å²) in [6, 6.07) is 12.0. The van der Waals surface area contributed by atoms with Crippen molar-refractivity contribution in [3.63, 3.8) is 0 Å². The maximum absolute atomic E-state index is 12.8. The molecule has 0 bridgehead atoms. The lowest BCUT2D eigenvalue weighted by atomic mass is 9.88. The molecule has 4 rings (SSSR count). The first kappa shape index (κ1) is 19.0. The number of benzene rings is 2. The molecule has 1 heterocycles. The first-order valence-electron chi connectivity index (χ1n) is 8.99. The molecule has 2 aromatic carbocycles. The number of halogens is 3. The number of aryl methyl sites for hydroxylation is 1. The summed E-state index contributed by atoms with van der Waals surface area (Å²) in [5, 5.41) is 22.4. The van der Waals surface area contributed by atoms with Crippen LogP contribution < -0.4 is 5.32 Å². The summed E-state index contributed by atoms with van der Waals surface area (Å²) in [5.74, 6) is 0.0913. The van der Waals surface area contributed by atoms with Gasteiger partial charge >= 0.3 is 12.2 Å². The molecule has 3 aromatic rings. The van der Waals surface area contributed by atoms with E-state index in [1.807, 2.05) is 24.3 Å². The van der Waals surface area contributed by atoms with Crippen molar-refractivity contribution >= 4 is 11.7 Å². The van der Waals surface area contributed by atoms with Crippen molar-refractivity contribution in [1.82, 2.24) is 4.98 Å². The zero-order valence-corrected chi connectivity index (χ0v) is 15.1. The van der Waals surface area contributed by atoms with E-state index in [0.29, 0.717) is 24.1 Å². The third kappa shape index (κ3) is 3.82. The van der Waals surface area contributed by atoms with Crippen LogP contribution in [0.2, 0.25) is 0 Å². The van der Waals surface area contributed by atoms with Gasteiger partial charge in [-0.1, -0.05) is 24.3 Å². The highest BCUT2D eigenvalue weighted by Crippen LogP contribution is 2.34. The number of aromatic nitrogens is 1. The van der Waals surface area contributed by atoms with E-state index in [1.54, 1.807) is 0 Å². The van der Waals surface area contributed by atoms with Crippen LogP contribution in [0.25, 0.3) is 11.3 Å². The van der Waals surface area contributed by atoms with Crippen LogP contribution in [0, 0.1) is 11.3 Å². The quantitative estimate of drug-likeness (QED) is 0.660. The minimum atomic E-state index is -4.44. The van der Waals surface area contributed by atoms with Gasteiger partial charge in [0.2, 0.25) is 0 Å². The van der Waals surface area contributed by atoms with Crippen molar-refractivity contribution in [2.45, 2.75) is 31.5 Å². The second-order valence-corrected chi connectivity index (χ2v) is 6.85. The number of alkyl halides is 3. The van der Waals surface area contributed by atoms with Crippen LogP contribution in [0.1, 0.15) is 28.8 Å². The number of aliphatic hydroxyl groups is 1. The monoisotopic (exact) mass is 399 g/mol. The number of nitrogens with one attached hydrogen (secondary N) is 1. The molecule has 148 valence electrons. The number of hydrogen-bond acceptors (Lipinski definition) is 5. The van der Waals surface area contributed by atoms with Crippen LogP contribution in [-0.4, -0.2) is 16.2 Å². The molecule has 0 fully saturated rings. The van der Waals surface area contributed by atoms with Crippen molar-refractivity contribution in [2.75, 3.05) is 5.32 Å². The molecule has 1 aromatic heterocycles. The number of oxazole rings is 1. The Hall–Kier alpha value is -3.31. The highest BCUT2D eigenvalue weighted by atomic mass is 19.4. The molecular formula is C21H16F3N3O2. The number of fused-ring (bicyclic) bond motifs is 1. The molecule has 0 amide bonds. The number of nitriles is 1. The number of rotatable bonds is 3. The molecule has 0 spiro atoms. The van der Waals surface area contributed by atoms with Crippen molar-refractivity contribution in [3.8, 4) is 17.4 Å². The van der Waals surface area contributed by atoms with Crippen molar-refractivity contribution in [2.24, 2.45) is 0 Å². The molecular weight excluding hydrogens is 383 g/mol. The van der Waals surface area contributed by atoms with E-state index in [-0.39, 0.29) is 17.5 Å². The van der Waals surface area contributed by atoms with E-state index in [4.69, 9.17) is 4.42 Å². The van der Waals surface area contributed by atoms with Crippen LogP contribution in [-0.2, 0) is 19.0 Å². The van der Waals surface area contributed by atoms with Crippen molar-refractivity contribution in [1.29, 1.82) is 5.26 Å². The lowest BCUT2D eigenvalue weighted by Crippen LogP contribution is -2.19. The number of nitrogens with zero attached hydrogens (tertiary/aromatic N) is 2. The fourth-order valence-corrected chi connectivity index (χ4v) is 3.46. The zero-order chi connectivity index (χ0) is 20.6. The third-order valence-electron chi connectivity index (χ3n) is 4.91. The Labute approximate surface area is 164 Å². The van der Waals surface area contributed by atoms with Gasteiger partial charge in [-0.3, -0.25) is 0 Å². The summed E-state index contributed by atoms with van der Waals surface area (Å²) in [7, 11) is 0. The second-order valence-electron chi connectivity index (χ2n) is 6.85. The van der Waals surface area contributed by atoms with Gasteiger partial charge < -0.3 is 14.8 Å². The molecule has 1 atom stereocenters. The molecule has 0 saturated carbocycles. The Morgan fingerprint density at radius 1 is 1.17 bits per heavy atom. The average molecular weight is 399 g/mol. The van der Waals surface area contributed by atoms with Gasteiger partial charge in [-0.25, -0.2) is 0 Å². The zero-order valence-electron chi connectivity index (χ0n) is 15.1. The molecule has 2 N–H and O–H groups in total. The predicted molar refractivity (Wildman–Crippen MR) is 99.4 cm³/mol. The standard InChI is InChI=1S/C21H16F3N3O2/c22-21(23,24)14-7-4-13(5-8-14)19-18(11-25)27-20(29-19)26-17-3-1-2-12-6-9-15(28)10-16(12)17/h1-5,7-8,15,28H,6,9-10H2,(H,26,27). The van der Waals surface area contributed by atoms with Crippen molar-refractivity contribution < 1.29 is 22.7 Å². The Bertz CT molecular complexity index is 1080. The average Bonchev–Trinajstić information content (AvgIpc) is 3.11. The summed E-state index contributed by atoms with van der Waals surface area (Å²) in [6.45, 7) is 0. The van der Waals surface area contributed by atoms with Gasteiger partial charge in [0.25, 0.3) is 0 Å². The predicted octanol–water partition coefficient (Wildman–Crippen LogP) is 4.83. The van der Waals surface area contributed by atoms with E-state index in [0.717, 1.165) is 29.7 Å². The number of aliphatic hydroxyl groups excluding tert-OH is 1. The molecule has 1 aliphatic rings. The Balaban J connectivity index is 1.65. The fraction of sp³-hybridized carbons (Fsp3) is 0.238. The summed E-state index contributed by atoms with van der Waals surface area (Å²) >= 11 is 0. The first-order chi connectivity index (χ1) is 13.8. The van der Waals surface area contributed by atoms with E-state index >= 15 is 0 Å². The summed E-state index contributed by atoms with van der Waals surface area (Å²) in [5.41, 5.74) is 2.30. The van der Waals surface area contributed by atoms with Crippen LogP contribution in [0.5, 0.6) is 0 Å². The highest BCUT2D eigenvalue weighted by molar-refractivity contribution is 5.67. The molecule has 0 aliphatic heterocycles. The first-order valence-corrected chi connectivity index (χ1v) is 8.99. The number of hydrogen-bond donors (Lipinski definition) is 2. The summed E-state index contributed by atoms with van der Waals surface area (Å²) in [4.78, 5) is 4.12. The van der Waals surface area contributed by atoms with E-state index in [2.05, 4.69) is 10.3 Å². The van der Waals surface area contributed by atoms with Crippen LogP contribution in [0.3, 0.4) is 0 Å². The maximum atomic E-state index is 12.8. The van der Waals surface area contributed by atoms with Gasteiger partial charge in [-0.05, 0) is 42.2 Å². The van der Waals surface area contributed by atoms with Crippen LogP contribution in [0.4, 0.5) is 24.9 Å². The summed E-state index contributed by atoms with van der Waals surface area (Å²) < 4.78 is 43.9. The number of anilines is 2. The van der Waals surface area contributed by atoms with Gasteiger partial charge in [0.1, 0.15) is 6.07 Å². The minimum absolute atomic E-state index is 0.0305. The van der Waals surface area contributed by atoms with Gasteiger partial charge in [-0.2, -0.15) is 23.4 Å². The Morgan fingerprint density at radius 3 is 2.62 bits per heavy atom. The maximum Gasteiger partial charge on any atom is 0.416 e. The van der Waals surface area contributed by atoms with Crippen LogP contribution >= 0.6 is 0 Å². The van der Waals surface area contributed by atoms with Crippen molar-refractivity contribution in [3.05, 3.63) is 64.8 Å². The topological polar surface area (TPSA) is 82.1 Å². The van der Waals surface area contributed by atoms with Crippen LogP contribution in [0.15, 0.2) is 46.9 Å². The fourth-order valence-electron chi connectivity index (χ4n) is 3.46. The molecule has 8 heteroatoms. The van der Waals surface area contributed by atoms with E-state index in [9.17, 15) is 23.5 Å². The molecule has 29 heavy (non-hydrogen) atoms. The van der Waals surface area contributed by atoms with Gasteiger partial charge in [-0.15, -0.1) is 0 Å². The largest absolute Gasteiger partial charge is 0.422 e. The molecule has 5 nitrogen and oxygen atoms in total. The second kappa shape index (κ2) is 7.26. The summed E-state index contributed by atoms with van der Waals surface area (Å²) in [6.07, 6.45) is -2.91. The third-order valence-corrected chi connectivity index (χ3v) is 4.91. The Kier molecular flexibility index (Phi) is 4.76.